The van der Waals surface area contributed by atoms with Gasteiger partial charge in [-0.2, -0.15) is 13.2 Å². The Labute approximate surface area is 122 Å². The zero-order chi connectivity index (χ0) is 16.5. The molecule has 0 saturated heterocycles. The summed E-state index contributed by atoms with van der Waals surface area (Å²) in [6.45, 7) is 6.66. The van der Waals surface area contributed by atoms with Gasteiger partial charge < -0.3 is 10.5 Å². The lowest BCUT2D eigenvalue weighted by atomic mass is 9.93. The summed E-state index contributed by atoms with van der Waals surface area (Å²) in [5.74, 6) is -0.588. The normalized spacial score (nSPS) is 15.4. The first-order valence-electron chi connectivity index (χ1n) is 6.50. The van der Waals surface area contributed by atoms with Gasteiger partial charge in [-0.3, -0.25) is 4.79 Å². The van der Waals surface area contributed by atoms with Crippen LogP contribution < -0.4 is 5.73 Å². The molecule has 0 heterocycles. The summed E-state index contributed by atoms with van der Waals surface area (Å²) in [5.41, 5.74) is 3.77. The second-order valence-electron chi connectivity index (χ2n) is 6.29. The highest BCUT2D eigenvalue weighted by atomic mass is 19.4. The Kier molecular flexibility index (Phi) is 4.73. The van der Waals surface area contributed by atoms with Crippen molar-refractivity contribution in [2.75, 3.05) is 0 Å². The van der Waals surface area contributed by atoms with Crippen LogP contribution in [0.4, 0.5) is 13.2 Å². The van der Waals surface area contributed by atoms with Gasteiger partial charge in [0.1, 0.15) is 11.1 Å². The summed E-state index contributed by atoms with van der Waals surface area (Å²) in [4.78, 5) is 12.0. The van der Waals surface area contributed by atoms with Crippen LogP contribution in [-0.2, 0) is 22.1 Å². The molecule has 3 nitrogen and oxygen atoms in total. The summed E-state index contributed by atoms with van der Waals surface area (Å²) in [5, 5.41) is 0. The molecule has 0 aliphatic rings. The Balaban J connectivity index is 2.82. The molecule has 0 bridgehead atoms. The van der Waals surface area contributed by atoms with Crippen LogP contribution in [-0.4, -0.2) is 17.1 Å². The lowest BCUT2D eigenvalue weighted by Crippen LogP contribution is -2.50. The number of alkyl halides is 3. The Morgan fingerprint density at radius 3 is 1.95 bits per heavy atom. The Bertz CT molecular complexity index is 499. The molecular formula is C15H20F3NO2. The van der Waals surface area contributed by atoms with Crippen molar-refractivity contribution in [3.8, 4) is 0 Å². The van der Waals surface area contributed by atoms with Crippen molar-refractivity contribution in [3.05, 3.63) is 35.4 Å². The van der Waals surface area contributed by atoms with Gasteiger partial charge in [-0.15, -0.1) is 0 Å². The van der Waals surface area contributed by atoms with Gasteiger partial charge in [-0.1, -0.05) is 12.1 Å². The first kappa shape index (κ1) is 17.5. The number of hydrogen-bond acceptors (Lipinski definition) is 3. The van der Waals surface area contributed by atoms with Gasteiger partial charge in [-0.05, 0) is 45.4 Å². The number of carbonyl (C=O) groups is 1. The molecule has 0 fully saturated rings. The molecule has 1 atom stereocenters. The van der Waals surface area contributed by atoms with E-state index in [0.717, 1.165) is 12.1 Å². The highest BCUT2D eigenvalue weighted by Gasteiger charge is 2.34. The van der Waals surface area contributed by atoms with Crippen LogP contribution >= 0.6 is 0 Å². The zero-order valence-electron chi connectivity index (χ0n) is 12.5. The number of nitrogens with two attached hydrogens (primary N) is 1. The van der Waals surface area contributed by atoms with E-state index in [1.807, 2.05) is 0 Å². The standard InChI is InChI=1S/C15H20F3NO2/c1-13(2,3)21-12(20)14(4,19)9-10-5-7-11(8-6-10)15(16,17)18/h5-8H,9,19H2,1-4H3/t14-/m0/s1. The lowest BCUT2D eigenvalue weighted by molar-refractivity contribution is -0.161. The number of esters is 1. The molecule has 21 heavy (non-hydrogen) atoms. The van der Waals surface area contributed by atoms with Gasteiger partial charge >= 0.3 is 12.1 Å². The van der Waals surface area contributed by atoms with Gasteiger partial charge in [0.25, 0.3) is 0 Å². The van der Waals surface area contributed by atoms with Gasteiger partial charge in [0.15, 0.2) is 0 Å². The van der Waals surface area contributed by atoms with Crippen LogP contribution in [0.2, 0.25) is 0 Å². The first-order chi connectivity index (χ1) is 9.31. The topological polar surface area (TPSA) is 52.3 Å². The van der Waals surface area contributed by atoms with Crippen LogP contribution in [0.25, 0.3) is 0 Å². The van der Waals surface area contributed by atoms with Gasteiger partial charge in [0.2, 0.25) is 0 Å². The molecule has 0 saturated carbocycles. The minimum atomic E-state index is -4.38. The zero-order valence-corrected chi connectivity index (χ0v) is 12.5. The molecular weight excluding hydrogens is 283 g/mol. The second-order valence-corrected chi connectivity index (χ2v) is 6.29. The van der Waals surface area contributed by atoms with Crippen molar-refractivity contribution in [1.82, 2.24) is 0 Å². The summed E-state index contributed by atoms with van der Waals surface area (Å²) in [6, 6.07) is 4.58. The largest absolute Gasteiger partial charge is 0.459 e. The molecule has 0 aliphatic heterocycles. The number of halogens is 3. The fourth-order valence-electron chi connectivity index (χ4n) is 1.70. The maximum Gasteiger partial charge on any atom is 0.416 e. The summed E-state index contributed by atoms with van der Waals surface area (Å²) in [7, 11) is 0. The molecule has 0 spiro atoms. The molecule has 6 heteroatoms. The molecule has 0 unspecified atom stereocenters. The SMILES string of the molecule is CC(C)(C)OC(=O)[C@@](C)(N)Cc1ccc(C(F)(F)F)cc1. The molecule has 1 aromatic rings. The minimum Gasteiger partial charge on any atom is -0.459 e. The van der Waals surface area contributed by atoms with Crippen LogP contribution in [0.3, 0.4) is 0 Å². The third kappa shape index (κ3) is 5.38. The Morgan fingerprint density at radius 1 is 1.10 bits per heavy atom. The van der Waals surface area contributed by atoms with Crippen LogP contribution in [0.5, 0.6) is 0 Å². The van der Waals surface area contributed by atoms with E-state index in [4.69, 9.17) is 10.5 Å². The van der Waals surface area contributed by atoms with E-state index >= 15 is 0 Å². The van der Waals surface area contributed by atoms with Crippen molar-refractivity contribution in [3.63, 3.8) is 0 Å². The third-order valence-corrected chi connectivity index (χ3v) is 2.72. The van der Waals surface area contributed by atoms with Crippen molar-refractivity contribution >= 4 is 5.97 Å². The van der Waals surface area contributed by atoms with Gasteiger partial charge in [-0.25, -0.2) is 0 Å². The Morgan fingerprint density at radius 2 is 1.57 bits per heavy atom. The number of hydrogen-bond donors (Lipinski definition) is 1. The molecule has 0 aromatic heterocycles. The van der Waals surface area contributed by atoms with E-state index in [-0.39, 0.29) is 6.42 Å². The summed E-state index contributed by atoms with van der Waals surface area (Å²) < 4.78 is 42.6. The highest BCUT2D eigenvalue weighted by Crippen LogP contribution is 2.29. The molecule has 2 N–H and O–H groups in total. The smallest absolute Gasteiger partial charge is 0.416 e. The third-order valence-electron chi connectivity index (χ3n) is 2.72. The predicted molar refractivity (Wildman–Crippen MR) is 73.6 cm³/mol. The number of ether oxygens (including phenoxy) is 1. The average molecular weight is 303 g/mol. The van der Waals surface area contributed by atoms with E-state index in [9.17, 15) is 18.0 Å². The van der Waals surface area contributed by atoms with Crippen molar-refractivity contribution in [1.29, 1.82) is 0 Å². The number of carbonyl (C=O) groups excluding carboxylic acids is 1. The fourth-order valence-corrected chi connectivity index (χ4v) is 1.70. The van der Waals surface area contributed by atoms with Crippen molar-refractivity contribution in [2.24, 2.45) is 5.73 Å². The van der Waals surface area contributed by atoms with E-state index in [1.54, 1.807) is 20.8 Å². The van der Waals surface area contributed by atoms with Gasteiger partial charge in [0.05, 0.1) is 5.56 Å². The van der Waals surface area contributed by atoms with Crippen molar-refractivity contribution in [2.45, 2.75) is 51.4 Å². The van der Waals surface area contributed by atoms with E-state index in [0.29, 0.717) is 5.56 Å². The predicted octanol–water partition coefficient (Wildman–Crippen LogP) is 3.31. The van der Waals surface area contributed by atoms with Crippen LogP contribution in [0, 0.1) is 0 Å². The lowest BCUT2D eigenvalue weighted by Gasteiger charge is -2.28. The average Bonchev–Trinajstić information content (AvgIpc) is 2.25. The highest BCUT2D eigenvalue weighted by molar-refractivity contribution is 5.80. The minimum absolute atomic E-state index is 0.0973. The van der Waals surface area contributed by atoms with Crippen LogP contribution in [0.1, 0.15) is 38.8 Å². The monoisotopic (exact) mass is 303 g/mol. The molecule has 0 aliphatic carbocycles. The van der Waals surface area contributed by atoms with Gasteiger partial charge in [0, 0.05) is 6.42 Å². The quantitative estimate of drug-likeness (QED) is 0.872. The molecule has 1 aromatic carbocycles. The molecule has 0 amide bonds. The van der Waals surface area contributed by atoms with Crippen LogP contribution in [0.15, 0.2) is 24.3 Å². The van der Waals surface area contributed by atoms with E-state index < -0.39 is 28.8 Å². The summed E-state index contributed by atoms with van der Waals surface area (Å²) >= 11 is 0. The first-order valence-corrected chi connectivity index (χ1v) is 6.50. The number of rotatable bonds is 3. The molecule has 0 radical (unpaired) electrons. The maximum absolute atomic E-state index is 12.5. The fraction of sp³-hybridized carbons (Fsp3) is 0.533. The molecule has 118 valence electrons. The maximum atomic E-state index is 12.5. The Hall–Kier alpha value is -1.56. The summed E-state index contributed by atoms with van der Waals surface area (Å²) in [6.07, 6.45) is -4.28. The van der Waals surface area contributed by atoms with E-state index in [2.05, 4.69) is 0 Å². The second kappa shape index (κ2) is 5.67. The van der Waals surface area contributed by atoms with Crippen molar-refractivity contribution < 1.29 is 22.7 Å². The number of benzene rings is 1. The van der Waals surface area contributed by atoms with E-state index in [1.165, 1.54) is 19.1 Å². The molecule has 1 rings (SSSR count).